The quantitative estimate of drug-likeness (QED) is 0.737. The predicted octanol–water partition coefficient (Wildman–Crippen LogP) is 2.12. The van der Waals surface area contributed by atoms with Gasteiger partial charge >= 0.3 is 0 Å². The molecule has 0 aliphatic heterocycles. The van der Waals surface area contributed by atoms with Gasteiger partial charge in [0, 0.05) is 6.07 Å². The number of aromatic nitrogens is 1. The average molecular weight is 196 g/mol. The van der Waals surface area contributed by atoms with Crippen molar-refractivity contribution in [3.05, 3.63) is 18.2 Å². The monoisotopic (exact) mass is 196 g/mol. The molecular weight excluding hydrogens is 183 g/mol. The van der Waals surface area contributed by atoms with Gasteiger partial charge in [0.1, 0.15) is 0 Å². The van der Waals surface area contributed by atoms with E-state index in [0.717, 1.165) is 25.7 Å². The Balaban J connectivity index is 2.10. The Labute approximate surface area is 82.1 Å². The van der Waals surface area contributed by atoms with E-state index in [-0.39, 0.29) is 11.9 Å². The molecule has 2 rings (SSSR count). The van der Waals surface area contributed by atoms with E-state index in [1.165, 1.54) is 12.3 Å². The van der Waals surface area contributed by atoms with Crippen LogP contribution in [0.5, 0.6) is 5.75 Å². The van der Waals surface area contributed by atoms with Crippen molar-refractivity contribution in [3.63, 3.8) is 0 Å². The van der Waals surface area contributed by atoms with Crippen LogP contribution in [0, 0.1) is 5.95 Å². The fourth-order valence-corrected chi connectivity index (χ4v) is 1.71. The van der Waals surface area contributed by atoms with Crippen molar-refractivity contribution in [2.75, 3.05) is 5.73 Å². The van der Waals surface area contributed by atoms with Crippen LogP contribution in [0.25, 0.3) is 0 Å². The molecule has 76 valence electrons. The maximum absolute atomic E-state index is 13.1. The Morgan fingerprint density at radius 1 is 1.43 bits per heavy atom. The summed E-state index contributed by atoms with van der Waals surface area (Å²) in [6.45, 7) is 0. The SMILES string of the molecule is Nc1cnc(F)c(OC2CCCC2)c1. The lowest BCUT2D eigenvalue weighted by molar-refractivity contribution is 0.198. The van der Waals surface area contributed by atoms with E-state index >= 15 is 0 Å². The zero-order valence-corrected chi connectivity index (χ0v) is 7.87. The maximum atomic E-state index is 13.1. The van der Waals surface area contributed by atoms with Crippen LogP contribution in [0.1, 0.15) is 25.7 Å². The molecule has 1 heterocycles. The second-order valence-corrected chi connectivity index (χ2v) is 3.58. The summed E-state index contributed by atoms with van der Waals surface area (Å²) < 4.78 is 18.6. The number of nitrogens with two attached hydrogens (primary N) is 1. The number of ether oxygens (including phenoxy) is 1. The van der Waals surface area contributed by atoms with E-state index in [4.69, 9.17) is 10.5 Å². The minimum Gasteiger partial charge on any atom is -0.486 e. The van der Waals surface area contributed by atoms with Gasteiger partial charge in [0.25, 0.3) is 5.95 Å². The second-order valence-electron chi connectivity index (χ2n) is 3.58. The predicted molar refractivity (Wildman–Crippen MR) is 51.5 cm³/mol. The first-order chi connectivity index (χ1) is 6.75. The highest BCUT2D eigenvalue weighted by Gasteiger charge is 2.18. The molecule has 0 bridgehead atoms. The Morgan fingerprint density at radius 3 is 2.86 bits per heavy atom. The lowest BCUT2D eigenvalue weighted by atomic mass is 10.3. The lowest BCUT2D eigenvalue weighted by Gasteiger charge is -2.13. The lowest BCUT2D eigenvalue weighted by Crippen LogP contribution is -2.12. The molecule has 2 N–H and O–H groups in total. The Morgan fingerprint density at radius 2 is 2.14 bits per heavy atom. The van der Waals surface area contributed by atoms with E-state index in [2.05, 4.69) is 4.98 Å². The number of rotatable bonds is 2. The summed E-state index contributed by atoms with van der Waals surface area (Å²) in [7, 11) is 0. The molecule has 0 atom stereocenters. The van der Waals surface area contributed by atoms with Gasteiger partial charge in [-0.3, -0.25) is 0 Å². The zero-order valence-electron chi connectivity index (χ0n) is 7.87. The topological polar surface area (TPSA) is 48.1 Å². The van der Waals surface area contributed by atoms with Crippen LogP contribution in [-0.4, -0.2) is 11.1 Å². The van der Waals surface area contributed by atoms with E-state index in [0.29, 0.717) is 5.69 Å². The van der Waals surface area contributed by atoms with Gasteiger partial charge in [0.05, 0.1) is 18.0 Å². The number of hydrogen-bond acceptors (Lipinski definition) is 3. The van der Waals surface area contributed by atoms with Gasteiger partial charge in [-0.05, 0) is 25.7 Å². The molecule has 14 heavy (non-hydrogen) atoms. The Hall–Kier alpha value is -1.32. The average Bonchev–Trinajstić information content (AvgIpc) is 2.64. The van der Waals surface area contributed by atoms with Crippen LogP contribution in [0.4, 0.5) is 10.1 Å². The molecule has 0 aromatic carbocycles. The highest BCUT2D eigenvalue weighted by Crippen LogP contribution is 2.26. The number of hydrogen-bond donors (Lipinski definition) is 1. The molecule has 1 fully saturated rings. The minimum atomic E-state index is -0.578. The summed E-state index contributed by atoms with van der Waals surface area (Å²) in [5.74, 6) is -0.400. The van der Waals surface area contributed by atoms with Gasteiger partial charge in [-0.15, -0.1) is 0 Å². The van der Waals surface area contributed by atoms with Crippen molar-refractivity contribution in [1.82, 2.24) is 4.98 Å². The first kappa shape index (κ1) is 9.24. The molecule has 0 amide bonds. The van der Waals surface area contributed by atoms with Gasteiger partial charge in [0.2, 0.25) is 0 Å². The summed E-state index contributed by atoms with van der Waals surface area (Å²) in [5, 5.41) is 0. The van der Waals surface area contributed by atoms with Crippen LogP contribution in [0.2, 0.25) is 0 Å². The zero-order chi connectivity index (χ0) is 9.97. The maximum Gasteiger partial charge on any atom is 0.255 e. The number of nitrogens with zero attached hydrogens (tertiary/aromatic N) is 1. The van der Waals surface area contributed by atoms with E-state index in [1.807, 2.05) is 0 Å². The third kappa shape index (κ3) is 1.95. The Bertz CT molecular complexity index is 324. The third-order valence-electron chi connectivity index (χ3n) is 2.42. The summed E-state index contributed by atoms with van der Waals surface area (Å²) in [6.07, 6.45) is 5.72. The number of pyridine rings is 1. The Kier molecular flexibility index (Phi) is 2.52. The second kappa shape index (κ2) is 3.82. The normalized spacial score (nSPS) is 17.2. The molecule has 1 aliphatic rings. The van der Waals surface area contributed by atoms with E-state index in [1.54, 1.807) is 0 Å². The first-order valence-electron chi connectivity index (χ1n) is 4.83. The van der Waals surface area contributed by atoms with Crippen LogP contribution in [0.3, 0.4) is 0 Å². The molecule has 1 saturated carbocycles. The van der Waals surface area contributed by atoms with Crippen molar-refractivity contribution in [2.45, 2.75) is 31.8 Å². The van der Waals surface area contributed by atoms with Gasteiger partial charge in [0.15, 0.2) is 5.75 Å². The number of anilines is 1. The van der Waals surface area contributed by atoms with Crippen LogP contribution in [-0.2, 0) is 0 Å². The van der Waals surface area contributed by atoms with Crippen molar-refractivity contribution in [1.29, 1.82) is 0 Å². The highest BCUT2D eigenvalue weighted by molar-refractivity contribution is 5.40. The van der Waals surface area contributed by atoms with Crippen LogP contribution in [0.15, 0.2) is 12.3 Å². The first-order valence-corrected chi connectivity index (χ1v) is 4.83. The largest absolute Gasteiger partial charge is 0.486 e. The fourth-order valence-electron chi connectivity index (χ4n) is 1.71. The molecule has 3 nitrogen and oxygen atoms in total. The molecule has 0 spiro atoms. The highest BCUT2D eigenvalue weighted by atomic mass is 19.1. The molecule has 0 saturated heterocycles. The van der Waals surface area contributed by atoms with Crippen molar-refractivity contribution < 1.29 is 9.13 Å². The van der Waals surface area contributed by atoms with E-state index in [9.17, 15) is 4.39 Å². The summed E-state index contributed by atoms with van der Waals surface area (Å²) in [4.78, 5) is 3.50. The van der Waals surface area contributed by atoms with E-state index < -0.39 is 5.95 Å². The molecular formula is C10H13FN2O. The molecule has 1 aromatic heterocycles. The van der Waals surface area contributed by atoms with Gasteiger partial charge < -0.3 is 10.5 Å². The van der Waals surface area contributed by atoms with Gasteiger partial charge in [-0.2, -0.15) is 4.39 Å². The number of halogens is 1. The molecule has 4 heteroatoms. The summed E-state index contributed by atoms with van der Waals surface area (Å²) >= 11 is 0. The van der Waals surface area contributed by atoms with Crippen molar-refractivity contribution in [2.24, 2.45) is 0 Å². The molecule has 1 aliphatic carbocycles. The smallest absolute Gasteiger partial charge is 0.255 e. The molecule has 1 aromatic rings. The standard InChI is InChI=1S/C10H13FN2O/c11-10-9(5-7(12)6-13-10)14-8-3-1-2-4-8/h5-6,8H,1-4,12H2. The summed E-state index contributed by atoms with van der Waals surface area (Å²) in [6, 6.07) is 1.49. The third-order valence-corrected chi connectivity index (χ3v) is 2.42. The molecule has 0 unspecified atom stereocenters. The summed E-state index contributed by atoms with van der Waals surface area (Å²) in [5.41, 5.74) is 5.92. The van der Waals surface area contributed by atoms with Gasteiger partial charge in [-0.1, -0.05) is 0 Å². The van der Waals surface area contributed by atoms with Crippen molar-refractivity contribution in [3.8, 4) is 5.75 Å². The minimum absolute atomic E-state index is 0.132. The van der Waals surface area contributed by atoms with Crippen molar-refractivity contribution >= 4 is 5.69 Å². The molecule has 0 radical (unpaired) electrons. The van der Waals surface area contributed by atoms with Crippen LogP contribution >= 0.6 is 0 Å². The van der Waals surface area contributed by atoms with Gasteiger partial charge in [-0.25, -0.2) is 4.98 Å². The fraction of sp³-hybridized carbons (Fsp3) is 0.500. The van der Waals surface area contributed by atoms with Crippen LogP contribution < -0.4 is 10.5 Å². The number of nitrogen functional groups attached to an aromatic ring is 1.